The predicted molar refractivity (Wildman–Crippen MR) is 52.2 cm³/mol. The zero-order valence-electron chi connectivity index (χ0n) is 8.33. The van der Waals surface area contributed by atoms with Crippen molar-refractivity contribution in [3.63, 3.8) is 0 Å². The lowest BCUT2D eigenvalue weighted by Crippen LogP contribution is -2.07. The molecular formula is C11H9F3N2. The minimum Gasteiger partial charge on any atom is -0.240 e. The summed E-state index contributed by atoms with van der Waals surface area (Å²) in [6, 6.07) is 4.74. The van der Waals surface area contributed by atoms with E-state index in [9.17, 15) is 13.2 Å². The smallest absolute Gasteiger partial charge is 0.240 e. The summed E-state index contributed by atoms with van der Waals surface area (Å²) in [6.07, 6.45) is -1.14. The van der Waals surface area contributed by atoms with Gasteiger partial charge in [0, 0.05) is 12.1 Å². The van der Waals surface area contributed by atoms with Crippen LogP contribution in [0, 0.1) is 0 Å². The maximum atomic E-state index is 12.9. The normalized spacial score (nSPS) is 16.9. The van der Waals surface area contributed by atoms with E-state index in [2.05, 4.69) is 5.10 Å². The average molecular weight is 226 g/mol. The zero-order chi connectivity index (χ0) is 11.3. The lowest BCUT2D eigenvalue weighted by molar-refractivity contribution is -0.137. The Morgan fingerprint density at radius 3 is 2.62 bits per heavy atom. The monoisotopic (exact) mass is 226 g/mol. The van der Waals surface area contributed by atoms with Gasteiger partial charge in [-0.1, -0.05) is 6.07 Å². The fraction of sp³-hybridized carbons (Fsp3) is 0.364. The van der Waals surface area contributed by atoms with Crippen molar-refractivity contribution in [2.75, 3.05) is 0 Å². The van der Waals surface area contributed by atoms with Gasteiger partial charge < -0.3 is 0 Å². The number of nitrogens with zero attached hydrogens (tertiary/aromatic N) is 2. The molecule has 0 amide bonds. The Kier molecular flexibility index (Phi) is 1.81. The minimum absolute atomic E-state index is 0.00322. The van der Waals surface area contributed by atoms with E-state index in [-0.39, 0.29) is 17.1 Å². The largest absolute Gasteiger partial charge is 0.420 e. The fourth-order valence-electron chi connectivity index (χ4n) is 1.95. The van der Waals surface area contributed by atoms with Gasteiger partial charge in [-0.05, 0) is 25.0 Å². The highest BCUT2D eigenvalue weighted by atomic mass is 19.4. The number of rotatable bonds is 1. The van der Waals surface area contributed by atoms with E-state index in [1.165, 1.54) is 10.6 Å². The summed E-state index contributed by atoms with van der Waals surface area (Å²) >= 11 is 0. The van der Waals surface area contributed by atoms with E-state index >= 15 is 0 Å². The van der Waals surface area contributed by atoms with E-state index in [0.717, 1.165) is 12.8 Å². The van der Waals surface area contributed by atoms with E-state index in [1.54, 1.807) is 18.3 Å². The van der Waals surface area contributed by atoms with Crippen molar-refractivity contribution in [3.8, 4) is 0 Å². The number of hydrogen-bond acceptors (Lipinski definition) is 1. The van der Waals surface area contributed by atoms with Gasteiger partial charge in [-0.2, -0.15) is 18.3 Å². The summed E-state index contributed by atoms with van der Waals surface area (Å²) in [6.45, 7) is 0. The number of aromatic nitrogens is 2. The maximum absolute atomic E-state index is 12.9. The van der Waals surface area contributed by atoms with Crippen LogP contribution in [0.15, 0.2) is 24.4 Å². The van der Waals surface area contributed by atoms with Gasteiger partial charge in [0.2, 0.25) is 0 Å². The van der Waals surface area contributed by atoms with E-state index in [1.807, 2.05) is 0 Å². The summed E-state index contributed by atoms with van der Waals surface area (Å²) in [5.41, 5.74) is -0.203. The van der Waals surface area contributed by atoms with Gasteiger partial charge in [-0.3, -0.25) is 0 Å². The molecule has 0 radical (unpaired) electrons. The summed E-state index contributed by atoms with van der Waals surface area (Å²) in [4.78, 5) is 0. The Labute approximate surface area is 89.7 Å². The molecule has 3 rings (SSSR count). The van der Waals surface area contributed by atoms with Gasteiger partial charge in [-0.15, -0.1) is 0 Å². The first kappa shape index (κ1) is 9.69. The molecule has 5 heteroatoms. The third-order valence-corrected chi connectivity index (χ3v) is 2.81. The van der Waals surface area contributed by atoms with E-state index < -0.39 is 11.7 Å². The lowest BCUT2D eigenvalue weighted by atomic mass is 10.1. The summed E-state index contributed by atoms with van der Waals surface area (Å²) < 4.78 is 40.2. The summed E-state index contributed by atoms with van der Waals surface area (Å²) in [7, 11) is 0. The first-order valence-corrected chi connectivity index (χ1v) is 5.12. The van der Waals surface area contributed by atoms with Crippen LogP contribution in [0.4, 0.5) is 13.2 Å². The molecule has 84 valence electrons. The van der Waals surface area contributed by atoms with Gasteiger partial charge in [0.15, 0.2) is 0 Å². The molecule has 0 aliphatic heterocycles. The van der Waals surface area contributed by atoms with Crippen LogP contribution in [0.2, 0.25) is 0 Å². The van der Waals surface area contributed by atoms with Gasteiger partial charge in [-0.25, -0.2) is 4.52 Å². The highest BCUT2D eigenvalue weighted by molar-refractivity contribution is 5.59. The van der Waals surface area contributed by atoms with Crippen LogP contribution in [0.25, 0.3) is 5.52 Å². The van der Waals surface area contributed by atoms with Crippen molar-refractivity contribution in [3.05, 3.63) is 35.7 Å². The Balaban J connectivity index is 2.31. The first-order valence-electron chi connectivity index (χ1n) is 5.12. The molecule has 0 bridgehead atoms. The Bertz CT molecular complexity index is 538. The second-order valence-corrected chi connectivity index (χ2v) is 4.06. The highest BCUT2D eigenvalue weighted by Crippen LogP contribution is 2.46. The predicted octanol–water partition coefficient (Wildman–Crippen LogP) is 3.23. The Morgan fingerprint density at radius 2 is 2.00 bits per heavy atom. The molecule has 2 heterocycles. The van der Waals surface area contributed by atoms with Crippen LogP contribution in [0.1, 0.15) is 30.0 Å². The van der Waals surface area contributed by atoms with Crippen molar-refractivity contribution >= 4 is 5.52 Å². The summed E-state index contributed by atoms with van der Waals surface area (Å²) in [5.74, 6) is -0.00322. The van der Waals surface area contributed by atoms with Crippen LogP contribution < -0.4 is 0 Å². The molecule has 1 fully saturated rings. The molecule has 0 N–H and O–H groups in total. The van der Waals surface area contributed by atoms with Gasteiger partial charge >= 0.3 is 6.18 Å². The number of halogens is 3. The van der Waals surface area contributed by atoms with Gasteiger partial charge in [0.25, 0.3) is 0 Å². The summed E-state index contributed by atoms with van der Waals surface area (Å²) in [5, 5.41) is 4.04. The second kappa shape index (κ2) is 2.99. The number of alkyl halides is 3. The molecule has 0 saturated heterocycles. The van der Waals surface area contributed by atoms with Crippen LogP contribution in [0.3, 0.4) is 0 Å². The van der Waals surface area contributed by atoms with Crippen LogP contribution >= 0.6 is 0 Å². The molecule has 0 atom stereocenters. The fourth-order valence-corrected chi connectivity index (χ4v) is 1.95. The Morgan fingerprint density at radius 1 is 1.25 bits per heavy atom. The average Bonchev–Trinajstić information content (AvgIpc) is 2.96. The number of hydrogen-bond donors (Lipinski definition) is 0. The molecule has 16 heavy (non-hydrogen) atoms. The first-order chi connectivity index (χ1) is 7.57. The van der Waals surface area contributed by atoms with Crippen molar-refractivity contribution in [1.29, 1.82) is 0 Å². The SMILES string of the molecule is FC(F)(F)c1c(C2CC2)nn2ccccc12. The molecule has 1 saturated carbocycles. The minimum atomic E-state index is -4.32. The third kappa shape index (κ3) is 1.38. The lowest BCUT2D eigenvalue weighted by Gasteiger charge is -2.06. The highest BCUT2D eigenvalue weighted by Gasteiger charge is 2.42. The Hall–Kier alpha value is -1.52. The standard InChI is InChI=1S/C11H9F3N2/c12-11(13,14)9-8-3-1-2-6-16(8)15-10(9)7-4-5-7/h1-3,6-7H,4-5H2. The van der Waals surface area contributed by atoms with Crippen LogP contribution in [-0.2, 0) is 6.18 Å². The van der Waals surface area contributed by atoms with Gasteiger partial charge in [0.1, 0.15) is 5.56 Å². The molecule has 1 aliphatic rings. The molecule has 2 aromatic heterocycles. The van der Waals surface area contributed by atoms with Crippen LogP contribution in [-0.4, -0.2) is 9.61 Å². The topological polar surface area (TPSA) is 17.3 Å². The maximum Gasteiger partial charge on any atom is 0.420 e. The van der Waals surface area contributed by atoms with Crippen molar-refractivity contribution in [2.45, 2.75) is 24.9 Å². The second-order valence-electron chi connectivity index (χ2n) is 4.06. The van der Waals surface area contributed by atoms with E-state index in [0.29, 0.717) is 0 Å². The molecule has 0 unspecified atom stereocenters. The third-order valence-electron chi connectivity index (χ3n) is 2.81. The number of pyridine rings is 1. The van der Waals surface area contributed by atoms with E-state index in [4.69, 9.17) is 0 Å². The molecular weight excluding hydrogens is 217 g/mol. The quantitative estimate of drug-likeness (QED) is 0.729. The van der Waals surface area contributed by atoms with Gasteiger partial charge in [0.05, 0.1) is 11.2 Å². The van der Waals surface area contributed by atoms with Crippen molar-refractivity contribution in [1.82, 2.24) is 9.61 Å². The van der Waals surface area contributed by atoms with Crippen molar-refractivity contribution in [2.24, 2.45) is 0 Å². The zero-order valence-corrected chi connectivity index (χ0v) is 8.33. The molecule has 0 aromatic carbocycles. The molecule has 2 nitrogen and oxygen atoms in total. The van der Waals surface area contributed by atoms with Crippen molar-refractivity contribution < 1.29 is 13.2 Å². The molecule has 0 spiro atoms. The molecule has 1 aliphatic carbocycles. The molecule has 2 aromatic rings. The van der Waals surface area contributed by atoms with Crippen LogP contribution in [0.5, 0.6) is 0 Å². The number of fused-ring (bicyclic) bond motifs is 1.